The van der Waals surface area contributed by atoms with E-state index >= 15 is 0 Å². The number of hydrogen-bond donors (Lipinski definition) is 2. The van der Waals surface area contributed by atoms with Gasteiger partial charge < -0.3 is 23.7 Å². The first-order valence-electron chi connectivity index (χ1n) is 15.9. The molecule has 2 aromatic rings. The summed E-state index contributed by atoms with van der Waals surface area (Å²) >= 11 is 0. The Bertz CT molecular complexity index is 1730. The number of allylic oxidation sites excluding steroid dienone is 11. The van der Waals surface area contributed by atoms with Crippen LogP contribution in [0.15, 0.2) is 103 Å². The summed E-state index contributed by atoms with van der Waals surface area (Å²) < 4.78 is 94.6. The first kappa shape index (κ1) is 44.2. The van der Waals surface area contributed by atoms with Crippen LogP contribution in [0.5, 0.6) is 0 Å². The maximum Gasteiger partial charge on any atom is 0.387 e. The molecule has 2 heterocycles. The van der Waals surface area contributed by atoms with Crippen molar-refractivity contribution >= 4 is 15.9 Å². The third kappa shape index (κ3) is 15.3. The lowest BCUT2D eigenvalue weighted by molar-refractivity contribution is -0.0919. The summed E-state index contributed by atoms with van der Waals surface area (Å²) in [6.07, 6.45) is 13.0. The Morgan fingerprint density at radius 3 is 2.37 bits per heavy atom. The number of furan rings is 1. The fourth-order valence-corrected chi connectivity index (χ4v) is 5.49. The van der Waals surface area contributed by atoms with Gasteiger partial charge >= 0.3 is 12.5 Å². The van der Waals surface area contributed by atoms with Crippen LogP contribution in [0.3, 0.4) is 0 Å². The van der Waals surface area contributed by atoms with Gasteiger partial charge in [0.05, 0.1) is 5.76 Å². The van der Waals surface area contributed by atoms with Gasteiger partial charge in [-0.25, -0.2) is 17.5 Å². The van der Waals surface area contributed by atoms with E-state index in [4.69, 9.17) is 8.94 Å². The highest BCUT2D eigenvalue weighted by atomic mass is 32.2. The van der Waals surface area contributed by atoms with Gasteiger partial charge in [-0.05, 0) is 90.8 Å². The van der Waals surface area contributed by atoms with Crippen LogP contribution in [0.4, 0.5) is 17.6 Å². The maximum absolute atomic E-state index is 12.6. The maximum atomic E-state index is 12.6. The Morgan fingerprint density at radius 1 is 1.12 bits per heavy atom. The van der Waals surface area contributed by atoms with Crippen LogP contribution in [0.2, 0.25) is 0 Å². The van der Waals surface area contributed by atoms with Crippen molar-refractivity contribution in [3.05, 3.63) is 118 Å². The highest BCUT2D eigenvalue weighted by Gasteiger charge is 2.28. The monoisotopic (exact) mass is 741 g/mol. The molecule has 0 saturated heterocycles. The van der Waals surface area contributed by atoms with E-state index in [1.807, 2.05) is 37.6 Å². The number of nitrogens with one attached hydrogen (secondary N) is 2. The van der Waals surface area contributed by atoms with Gasteiger partial charge in [0.15, 0.2) is 23.1 Å². The number of rotatable bonds is 15. The zero-order chi connectivity index (χ0) is 38.7. The topological polar surface area (TPSA) is 133 Å². The van der Waals surface area contributed by atoms with Crippen LogP contribution in [0.1, 0.15) is 80.8 Å². The molecule has 0 bridgehead atoms. The molecule has 3 rings (SSSR count). The first-order chi connectivity index (χ1) is 24.1. The number of nitrogens with zero attached hydrogens (tertiary/aromatic N) is 1. The molecule has 1 aliphatic rings. The van der Waals surface area contributed by atoms with Crippen LogP contribution in [-0.4, -0.2) is 39.1 Å². The largest absolute Gasteiger partial charge is 0.463 e. The Labute approximate surface area is 297 Å². The molecule has 15 heteroatoms. The fraction of sp³-hybridized carbons (Fsp3) is 0.389. The van der Waals surface area contributed by atoms with E-state index in [0.29, 0.717) is 35.6 Å². The molecule has 10 nitrogen and oxygen atoms in total. The molecule has 51 heavy (non-hydrogen) atoms. The predicted octanol–water partition coefficient (Wildman–Crippen LogP) is 9.03. The summed E-state index contributed by atoms with van der Waals surface area (Å²) in [5, 5.41) is 6.81. The molecule has 2 N–H and O–H groups in total. The van der Waals surface area contributed by atoms with Gasteiger partial charge in [-0.1, -0.05) is 55.0 Å². The zero-order valence-corrected chi connectivity index (χ0v) is 30.9. The molecule has 1 unspecified atom stereocenters. The quantitative estimate of drug-likeness (QED) is 0.104. The highest BCUT2D eigenvalue weighted by molar-refractivity contribution is 7.90. The first-order valence-corrected chi connectivity index (χ1v) is 17.4. The van der Waals surface area contributed by atoms with Gasteiger partial charge in [0.2, 0.25) is 0 Å². The molecule has 2 aromatic heterocycles. The van der Waals surface area contributed by atoms with Crippen LogP contribution in [-0.2, 0) is 26.0 Å². The number of sulfonamides is 1. The van der Waals surface area contributed by atoms with Crippen molar-refractivity contribution in [2.45, 2.75) is 92.6 Å². The number of hydrogen-bond acceptors (Lipinski definition) is 9. The lowest BCUT2D eigenvalue weighted by Gasteiger charge is -2.07. The van der Waals surface area contributed by atoms with Crippen molar-refractivity contribution in [2.75, 3.05) is 6.67 Å². The Balaban J connectivity index is 0.00000103. The van der Waals surface area contributed by atoms with Crippen molar-refractivity contribution in [3.63, 3.8) is 0 Å². The SMILES string of the molecule is C/C=C(\C)OC(F)CF.C=C/C(=C\C=C(/C)CC1=CC=C(OC(F)F)C=CC1)NCc1cc(C(=O)NS(=O)(=O)c2c(C)noc2C)oc1C.CC. The number of aryl methyl sites for hydroxylation is 3. The number of carbonyl (C=O) groups is 1. The van der Waals surface area contributed by atoms with E-state index in [9.17, 15) is 30.8 Å². The van der Waals surface area contributed by atoms with Crippen LogP contribution in [0.25, 0.3) is 0 Å². The van der Waals surface area contributed by atoms with Gasteiger partial charge in [-0.3, -0.25) is 4.79 Å². The number of halogens is 4. The van der Waals surface area contributed by atoms with Crippen molar-refractivity contribution in [1.82, 2.24) is 15.2 Å². The van der Waals surface area contributed by atoms with Crippen molar-refractivity contribution in [1.29, 1.82) is 0 Å². The van der Waals surface area contributed by atoms with E-state index in [-0.39, 0.29) is 34.4 Å². The molecule has 0 spiro atoms. The molecule has 1 amide bonds. The summed E-state index contributed by atoms with van der Waals surface area (Å²) in [6, 6.07) is 1.47. The zero-order valence-electron chi connectivity index (χ0n) is 30.1. The van der Waals surface area contributed by atoms with Crippen LogP contribution < -0.4 is 10.0 Å². The minimum absolute atomic E-state index is 0.0691. The van der Waals surface area contributed by atoms with Gasteiger partial charge in [0.1, 0.15) is 17.2 Å². The third-order valence-corrected chi connectivity index (χ3v) is 8.25. The van der Waals surface area contributed by atoms with E-state index < -0.39 is 35.6 Å². The normalized spacial score (nSPS) is 14.2. The lowest BCUT2D eigenvalue weighted by atomic mass is 10.0. The van der Waals surface area contributed by atoms with Crippen LogP contribution >= 0.6 is 0 Å². The number of alkyl halides is 4. The van der Waals surface area contributed by atoms with Crippen molar-refractivity contribution < 1.29 is 49.2 Å². The minimum Gasteiger partial charge on any atom is -0.463 e. The second kappa shape index (κ2) is 22.1. The molecular formula is C36H47F4N3O7S. The smallest absolute Gasteiger partial charge is 0.387 e. The number of aromatic nitrogens is 1. The van der Waals surface area contributed by atoms with E-state index in [2.05, 4.69) is 26.5 Å². The lowest BCUT2D eigenvalue weighted by Crippen LogP contribution is -2.31. The Morgan fingerprint density at radius 2 is 1.80 bits per heavy atom. The summed E-state index contributed by atoms with van der Waals surface area (Å²) in [6.45, 7) is 13.9. The Kier molecular flexibility index (Phi) is 19.2. The molecule has 0 saturated carbocycles. The number of amides is 1. The third-order valence-electron chi connectivity index (χ3n) is 6.68. The average Bonchev–Trinajstić information content (AvgIpc) is 3.55. The van der Waals surface area contributed by atoms with E-state index in [1.165, 1.54) is 32.1 Å². The Hall–Kier alpha value is -4.79. The number of carbonyl (C=O) groups excluding carboxylic acids is 1. The molecule has 1 atom stereocenters. The van der Waals surface area contributed by atoms with Crippen LogP contribution in [0, 0.1) is 20.8 Å². The number of ether oxygens (including phenoxy) is 2. The summed E-state index contributed by atoms with van der Waals surface area (Å²) in [5.41, 5.74) is 3.56. The molecule has 282 valence electrons. The van der Waals surface area contributed by atoms with Crippen molar-refractivity contribution in [3.8, 4) is 0 Å². The highest BCUT2D eigenvalue weighted by Crippen LogP contribution is 2.22. The fourth-order valence-electron chi connectivity index (χ4n) is 4.20. The standard InChI is InChI=1S/C28H31F2N3O6S.C6H10F2O.C2H6/c1-6-23(12-10-17(2)14-21-8-7-9-24(13-11-21)38-28(29)30)31-16-22-15-25(37-19(22)4)27(34)33-40(35,36)26-18(3)32-39-20(26)5;1-3-5(2)9-6(8)4-7;1-2/h6-7,9-13,15,28,31H,1,8,14,16H2,2-5H3,(H,33,34);3,6H,4H2,1-2H3;1-2H3/b17-10+,23-12+;5-3+;. The van der Waals surface area contributed by atoms with E-state index in [1.54, 1.807) is 45.1 Å². The average molecular weight is 742 g/mol. The molecule has 0 aromatic carbocycles. The van der Waals surface area contributed by atoms with Gasteiger partial charge in [-0.2, -0.15) is 13.2 Å². The summed E-state index contributed by atoms with van der Waals surface area (Å²) in [4.78, 5) is 12.4. The molecule has 0 fully saturated rings. The minimum atomic E-state index is -4.20. The summed E-state index contributed by atoms with van der Waals surface area (Å²) in [7, 11) is -4.20. The molecule has 0 aliphatic heterocycles. The second-order valence-electron chi connectivity index (χ2n) is 10.6. The second-order valence-corrected chi connectivity index (χ2v) is 12.2. The van der Waals surface area contributed by atoms with Crippen molar-refractivity contribution in [2.24, 2.45) is 0 Å². The van der Waals surface area contributed by atoms with Gasteiger partial charge in [-0.15, -0.1) is 0 Å². The molecular weight excluding hydrogens is 694 g/mol. The molecule has 0 radical (unpaired) electrons. The molecule has 1 aliphatic carbocycles. The van der Waals surface area contributed by atoms with Gasteiger partial charge in [0.25, 0.3) is 16.4 Å². The predicted molar refractivity (Wildman–Crippen MR) is 187 cm³/mol. The van der Waals surface area contributed by atoms with E-state index in [0.717, 1.165) is 11.1 Å². The summed E-state index contributed by atoms with van der Waals surface area (Å²) in [5.74, 6) is -0.0510. The van der Waals surface area contributed by atoms with Gasteiger partial charge in [0, 0.05) is 17.8 Å².